The lowest BCUT2D eigenvalue weighted by molar-refractivity contribution is 0.0600. The molecule has 0 bridgehead atoms. The number of carbonyl (C=O) groups is 1. The lowest BCUT2D eigenvalue weighted by Crippen LogP contribution is -2.22. The van der Waals surface area contributed by atoms with Crippen molar-refractivity contribution in [3.63, 3.8) is 0 Å². The maximum absolute atomic E-state index is 11.6. The molecular formula is C22H23NO3S. The van der Waals surface area contributed by atoms with Gasteiger partial charge in [0.25, 0.3) is 0 Å². The van der Waals surface area contributed by atoms with Crippen LogP contribution < -0.4 is 4.74 Å². The normalized spacial score (nSPS) is 10.8. The molecule has 0 aliphatic heterocycles. The van der Waals surface area contributed by atoms with Crippen LogP contribution in [0.15, 0.2) is 66.0 Å². The molecule has 1 aromatic heterocycles. The van der Waals surface area contributed by atoms with E-state index in [2.05, 4.69) is 28.5 Å². The van der Waals surface area contributed by atoms with Gasteiger partial charge in [-0.25, -0.2) is 4.79 Å². The number of ether oxygens (including phenoxy) is 2. The monoisotopic (exact) mass is 381 g/mol. The summed E-state index contributed by atoms with van der Waals surface area (Å²) < 4.78 is 10.3. The molecular weight excluding hydrogens is 358 g/mol. The molecule has 2 aromatic carbocycles. The standard InChI is InChI=1S/C22H23NO3S/c1-25-21-8-4-3-6-19(21)15-23(16-20-7-5-13-27-20)14-17-9-11-18(12-10-17)22(24)26-2/h3-13H,14-16H2,1-2H3. The zero-order valence-electron chi connectivity index (χ0n) is 15.6. The lowest BCUT2D eigenvalue weighted by Gasteiger charge is -2.23. The van der Waals surface area contributed by atoms with E-state index < -0.39 is 0 Å². The molecule has 0 aliphatic rings. The van der Waals surface area contributed by atoms with Gasteiger partial charge in [-0.2, -0.15) is 0 Å². The van der Waals surface area contributed by atoms with Crippen molar-refractivity contribution < 1.29 is 14.3 Å². The maximum atomic E-state index is 11.6. The Balaban J connectivity index is 1.78. The molecule has 27 heavy (non-hydrogen) atoms. The van der Waals surface area contributed by atoms with E-state index in [-0.39, 0.29) is 5.97 Å². The third-order valence-electron chi connectivity index (χ3n) is 4.33. The second-order valence-corrected chi connectivity index (χ2v) is 7.26. The quantitative estimate of drug-likeness (QED) is 0.528. The molecule has 0 fully saturated rings. The fourth-order valence-electron chi connectivity index (χ4n) is 2.99. The largest absolute Gasteiger partial charge is 0.496 e. The van der Waals surface area contributed by atoms with Crippen LogP contribution >= 0.6 is 11.3 Å². The van der Waals surface area contributed by atoms with Crippen molar-refractivity contribution in [2.45, 2.75) is 19.6 Å². The van der Waals surface area contributed by atoms with Crippen molar-refractivity contribution in [3.05, 3.63) is 87.6 Å². The Bertz CT molecular complexity index is 860. The van der Waals surface area contributed by atoms with Crippen molar-refractivity contribution in [1.29, 1.82) is 0 Å². The molecule has 0 saturated heterocycles. The SMILES string of the molecule is COC(=O)c1ccc(CN(Cc2cccs2)Cc2ccccc2OC)cc1. The van der Waals surface area contributed by atoms with Gasteiger partial charge < -0.3 is 9.47 Å². The van der Waals surface area contributed by atoms with Crippen LogP contribution in [0.3, 0.4) is 0 Å². The zero-order valence-corrected chi connectivity index (χ0v) is 16.4. The van der Waals surface area contributed by atoms with Crippen molar-refractivity contribution >= 4 is 17.3 Å². The van der Waals surface area contributed by atoms with E-state index in [0.717, 1.165) is 36.5 Å². The number of thiophene rings is 1. The summed E-state index contributed by atoms with van der Waals surface area (Å²) >= 11 is 1.76. The molecule has 0 unspecified atom stereocenters. The predicted octanol–water partition coefficient (Wildman–Crippen LogP) is 4.75. The first kappa shape index (κ1) is 19.1. The van der Waals surface area contributed by atoms with Crippen LogP contribution in [0.5, 0.6) is 5.75 Å². The average Bonchev–Trinajstić information content (AvgIpc) is 3.21. The lowest BCUT2D eigenvalue weighted by atomic mass is 10.1. The Morgan fingerprint density at radius 2 is 1.70 bits per heavy atom. The van der Waals surface area contributed by atoms with Crippen LogP contribution in [-0.4, -0.2) is 25.1 Å². The number of esters is 1. The second kappa shape index (κ2) is 9.35. The third kappa shape index (κ3) is 5.18. The fourth-order valence-corrected chi connectivity index (χ4v) is 3.73. The summed E-state index contributed by atoms with van der Waals surface area (Å²) in [6, 6.07) is 19.9. The number of nitrogens with zero attached hydrogens (tertiary/aromatic N) is 1. The zero-order chi connectivity index (χ0) is 19.1. The predicted molar refractivity (Wildman–Crippen MR) is 108 cm³/mol. The Morgan fingerprint density at radius 1 is 0.926 bits per heavy atom. The van der Waals surface area contributed by atoms with Gasteiger partial charge in [0.2, 0.25) is 0 Å². The molecule has 0 saturated carbocycles. The first-order valence-corrected chi connectivity index (χ1v) is 9.61. The summed E-state index contributed by atoms with van der Waals surface area (Å²) in [5.74, 6) is 0.584. The highest BCUT2D eigenvalue weighted by Crippen LogP contribution is 2.23. The fraction of sp³-hybridized carbons (Fsp3) is 0.227. The van der Waals surface area contributed by atoms with Crippen molar-refractivity contribution in [3.8, 4) is 5.75 Å². The summed E-state index contributed by atoms with van der Waals surface area (Å²) in [6.45, 7) is 2.41. The van der Waals surface area contributed by atoms with Gasteiger partial charge in [-0.3, -0.25) is 4.90 Å². The van der Waals surface area contributed by atoms with E-state index in [1.165, 1.54) is 12.0 Å². The number of benzene rings is 2. The Hall–Kier alpha value is -2.63. The third-order valence-corrected chi connectivity index (χ3v) is 5.19. The number of hydrogen-bond donors (Lipinski definition) is 0. The molecule has 1 heterocycles. The van der Waals surface area contributed by atoms with Gasteiger partial charge in [-0.05, 0) is 35.2 Å². The number of para-hydroxylation sites is 1. The van der Waals surface area contributed by atoms with Crippen LogP contribution in [0, 0.1) is 0 Å². The Labute approximate surface area is 164 Å². The van der Waals surface area contributed by atoms with Crippen LogP contribution in [0.25, 0.3) is 0 Å². The summed E-state index contributed by atoms with van der Waals surface area (Å²) in [6.07, 6.45) is 0. The second-order valence-electron chi connectivity index (χ2n) is 6.22. The summed E-state index contributed by atoms with van der Waals surface area (Å²) in [4.78, 5) is 15.3. The number of carbonyl (C=O) groups excluding carboxylic acids is 1. The number of methoxy groups -OCH3 is 2. The van der Waals surface area contributed by atoms with E-state index in [9.17, 15) is 4.79 Å². The number of hydrogen-bond acceptors (Lipinski definition) is 5. The van der Waals surface area contributed by atoms with Gasteiger partial charge in [0, 0.05) is 30.1 Å². The molecule has 5 heteroatoms. The van der Waals surface area contributed by atoms with Gasteiger partial charge in [0.1, 0.15) is 5.75 Å². The van der Waals surface area contributed by atoms with Gasteiger partial charge in [-0.15, -0.1) is 11.3 Å². The molecule has 140 valence electrons. The highest BCUT2D eigenvalue weighted by molar-refractivity contribution is 7.09. The molecule has 0 atom stereocenters. The molecule has 0 spiro atoms. The molecule has 3 aromatic rings. The minimum Gasteiger partial charge on any atom is -0.496 e. The van der Waals surface area contributed by atoms with Gasteiger partial charge in [0.05, 0.1) is 19.8 Å². The van der Waals surface area contributed by atoms with E-state index in [4.69, 9.17) is 9.47 Å². The van der Waals surface area contributed by atoms with E-state index in [1.807, 2.05) is 42.5 Å². The van der Waals surface area contributed by atoms with E-state index in [0.29, 0.717) is 5.56 Å². The molecule has 0 aliphatic carbocycles. The van der Waals surface area contributed by atoms with Gasteiger partial charge >= 0.3 is 5.97 Å². The average molecular weight is 381 g/mol. The highest BCUT2D eigenvalue weighted by atomic mass is 32.1. The van der Waals surface area contributed by atoms with Crippen LogP contribution in [0.2, 0.25) is 0 Å². The van der Waals surface area contributed by atoms with Gasteiger partial charge in [-0.1, -0.05) is 36.4 Å². The smallest absolute Gasteiger partial charge is 0.337 e. The molecule has 4 nitrogen and oxygen atoms in total. The van der Waals surface area contributed by atoms with Crippen LogP contribution in [0.1, 0.15) is 26.4 Å². The summed E-state index contributed by atoms with van der Waals surface area (Å²) in [5, 5.41) is 2.10. The van der Waals surface area contributed by atoms with Crippen LogP contribution in [-0.2, 0) is 24.4 Å². The molecule has 3 rings (SSSR count). The first-order valence-electron chi connectivity index (χ1n) is 8.73. The minimum absolute atomic E-state index is 0.314. The summed E-state index contributed by atoms with van der Waals surface area (Å²) in [7, 11) is 3.10. The maximum Gasteiger partial charge on any atom is 0.337 e. The Morgan fingerprint density at radius 3 is 2.37 bits per heavy atom. The molecule has 0 amide bonds. The van der Waals surface area contributed by atoms with Crippen molar-refractivity contribution in [1.82, 2.24) is 4.90 Å². The van der Waals surface area contributed by atoms with Crippen LogP contribution in [0.4, 0.5) is 0 Å². The molecule has 0 N–H and O–H groups in total. The van der Waals surface area contributed by atoms with Crippen molar-refractivity contribution in [2.75, 3.05) is 14.2 Å². The minimum atomic E-state index is -0.314. The van der Waals surface area contributed by atoms with Crippen molar-refractivity contribution in [2.24, 2.45) is 0 Å². The van der Waals surface area contributed by atoms with E-state index in [1.54, 1.807) is 18.4 Å². The molecule has 0 radical (unpaired) electrons. The topological polar surface area (TPSA) is 38.8 Å². The highest BCUT2D eigenvalue weighted by Gasteiger charge is 2.13. The first-order chi connectivity index (χ1) is 13.2. The Kier molecular flexibility index (Phi) is 6.63. The van der Waals surface area contributed by atoms with E-state index >= 15 is 0 Å². The van der Waals surface area contributed by atoms with Gasteiger partial charge in [0.15, 0.2) is 0 Å². The number of rotatable bonds is 8. The summed E-state index contributed by atoms with van der Waals surface area (Å²) in [5.41, 5.74) is 2.87.